The highest BCUT2D eigenvalue weighted by atomic mass is 16.5. The molecule has 0 saturated carbocycles. The Morgan fingerprint density at radius 1 is 1.04 bits per heavy atom. The molecular formula is C17H14N4O3. The van der Waals surface area contributed by atoms with Crippen molar-refractivity contribution in [2.24, 2.45) is 5.73 Å². The minimum atomic E-state index is -0.670. The van der Waals surface area contributed by atoms with Crippen molar-refractivity contribution in [3.8, 4) is 22.4 Å². The van der Waals surface area contributed by atoms with Gasteiger partial charge in [0.25, 0.3) is 5.91 Å². The predicted molar refractivity (Wildman–Crippen MR) is 87.1 cm³/mol. The molecule has 0 atom stereocenters. The number of nitrogens with one attached hydrogen (secondary N) is 1. The summed E-state index contributed by atoms with van der Waals surface area (Å²) in [7, 11) is 1.33. The fourth-order valence-electron chi connectivity index (χ4n) is 2.46. The molecule has 3 rings (SSSR count). The fourth-order valence-corrected chi connectivity index (χ4v) is 2.46. The molecule has 0 aliphatic rings. The Kier molecular flexibility index (Phi) is 4.07. The van der Waals surface area contributed by atoms with Gasteiger partial charge >= 0.3 is 5.97 Å². The summed E-state index contributed by atoms with van der Waals surface area (Å²) >= 11 is 0. The molecule has 0 spiro atoms. The predicted octanol–water partition coefficient (Wildman–Crippen LogP) is 2.02. The van der Waals surface area contributed by atoms with Crippen molar-refractivity contribution < 1.29 is 14.3 Å². The number of hydrogen-bond donors (Lipinski definition) is 2. The van der Waals surface area contributed by atoms with Crippen molar-refractivity contribution in [2.75, 3.05) is 7.11 Å². The number of aromatic amines is 1. The number of aromatic nitrogens is 3. The molecule has 1 amide bonds. The summed E-state index contributed by atoms with van der Waals surface area (Å²) in [5.74, 6) is -1.09. The molecule has 0 fully saturated rings. The molecule has 0 unspecified atom stereocenters. The number of H-pyrrole nitrogens is 1. The summed E-state index contributed by atoms with van der Waals surface area (Å²) in [4.78, 5) is 23.3. The third-order valence-corrected chi connectivity index (χ3v) is 3.56. The number of amides is 1. The third-order valence-electron chi connectivity index (χ3n) is 3.56. The van der Waals surface area contributed by atoms with E-state index >= 15 is 0 Å². The van der Waals surface area contributed by atoms with Gasteiger partial charge in [-0.15, -0.1) is 0 Å². The van der Waals surface area contributed by atoms with E-state index in [1.807, 2.05) is 30.3 Å². The molecular weight excluding hydrogens is 308 g/mol. The Labute approximate surface area is 137 Å². The molecule has 7 heteroatoms. The van der Waals surface area contributed by atoms with Gasteiger partial charge in [0.1, 0.15) is 5.69 Å². The number of esters is 1. The summed E-state index contributed by atoms with van der Waals surface area (Å²) in [5.41, 5.74) is 8.46. The van der Waals surface area contributed by atoms with E-state index in [4.69, 9.17) is 10.5 Å². The van der Waals surface area contributed by atoms with E-state index in [-0.39, 0.29) is 5.69 Å². The molecule has 0 saturated heterocycles. The molecule has 120 valence electrons. The van der Waals surface area contributed by atoms with Crippen LogP contribution in [0.5, 0.6) is 0 Å². The van der Waals surface area contributed by atoms with Gasteiger partial charge in [-0.1, -0.05) is 36.4 Å². The van der Waals surface area contributed by atoms with Gasteiger partial charge in [0, 0.05) is 5.56 Å². The summed E-state index contributed by atoms with van der Waals surface area (Å²) in [6.45, 7) is 0. The molecule has 3 N–H and O–H groups in total. The van der Waals surface area contributed by atoms with Gasteiger partial charge in [0.2, 0.25) is 0 Å². The van der Waals surface area contributed by atoms with Crippen molar-refractivity contribution in [1.82, 2.24) is 15.4 Å². The number of carbonyl (C=O) groups excluding carboxylic acids is 2. The second kappa shape index (κ2) is 6.33. The Hall–Kier alpha value is -3.48. The lowest BCUT2D eigenvalue weighted by Gasteiger charge is -2.09. The highest BCUT2D eigenvalue weighted by Crippen LogP contribution is 2.32. The van der Waals surface area contributed by atoms with Crippen LogP contribution in [0.2, 0.25) is 0 Å². The second-order valence-electron chi connectivity index (χ2n) is 5.00. The van der Waals surface area contributed by atoms with E-state index in [9.17, 15) is 9.59 Å². The quantitative estimate of drug-likeness (QED) is 0.714. The standard InChI is InChI=1S/C17H14N4O3/c1-24-17(23)11-6-4-5-10(9-11)12-7-2-3-8-13(12)14-15(16(18)22)20-21-19-14/h2-9H,1H3,(H2,18,22)(H,19,20,21). The maximum Gasteiger partial charge on any atom is 0.337 e. The molecule has 3 aromatic rings. The Morgan fingerprint density at radius 2 is 1.79 bits per heavy atom. The average molecular weight is 322 g/mol. The van der Waals surface area contributed by atoms with Crippen LogP contribution in [0.15, 0.2) is 48.5 Å². The first kappa shape index (κ1) is 15.4. The summed E-state index contributed by atoms with van der Waals surface area (Å²) < 4.78 is 4.75. The highest BCUT2D eigenvalue weighted by molar-refractivity contribution is 5.99. The second-order valence-corrected chi connectivity index (χ2v) is 5.00. The molecule has 7 nitrogen and oxygen atoms in total. The van der Waals surface area contributed by atoms with Gasteiger partial charge in [-0.05, 0) is 23.3 Å². The van der Waals surface area contributed by atoms with E-state index in [2.05, 4.69) is 15.4 Å². The number of primary amides is 1. The van der Waals surface area contributed by atoms with Crippen LogP contribution in [0.4, 0.5) is 0 Å². The van der Waals surface area contributed by atoms with Gasteiger partial charge < -0.3 is 10.5 Å². The summed E-state index contributed by atoms with van der Waals surface area (Å²) in [6.07, 6.45) is 0. The zero-order chi connectivity index (χ0) is 17.1. The lowest BCUT2D eigenvalue weighted by molar-refractivity contribution is 0.0600. The van der Waals surface area contributed by atoms with Gasteiger partial charge in [-0.25, -0.2) is 4.79 Å². The monoisotopic (exact) mass is 322 g/mol. The van der Waals surface area contributed by atoms with Crippen LogP contribution in [-0.2, 0) is 4.74 Å². The number of nitrogens with two attached hydrogens (primary N) is 1. The van der Waals surface area contributed by atoms with Crippen LogP contribution >= 0.6 is 0 Å². The molecule has 1 heterocycles. The highest BCUT2D eigenvalue weighted by Gasteiger charge is 2.18. The van der Waals surface area contributed by atoms with Gasteiger partial charge in [-0.3, -0.25) is 4.79 Å². The van der Waals surface area contributed by atoms with Crippen LogP contribution in [0, 0.1) is 0 Å². The molecule has 0 aliphatic heterocycles. The number of nitrogens with zero attached hydrogens (tertiary/aromatic N) is 2. The van der Waals surface area contributed by atoms with Crippen LogP contribution in [0.25, 0.3) is 22.4 Å². The number of hydrogen-bond acceptors (Lipinski definition) is 5. The number of rotatable bonds is 4. The minimum Gasteiger partial charge on any atom is -0.465 e. The van der Waals surface area contributed by atoms with Gasteiger partial charge in [0.05, 0.1) is 12.7 Å². The number of carbonyl (C=O) groups is 2. The maximum absolute atomic E-state index is 11.7. The molecule has 0 aliphatic carbocycles. The maximum atomic E-state index is 11.7. The largest absolute Gasteiger partial charge is 0.465 e. The van der Waals surface area contributed by atoms with Crippen LogP contribution in [0.3, 0.4) is 0 Å². The van der Waals surface area contributed by atoms with Crippen LogP contribution < -0.4 is 5.73 Å². The van der Waals surface area contributed by atoms with Crippen molar-refractivity contribution in [3.05, 3.63) is 59.8 Å². The van der Waals surface area contributed by atoms with Crippen LogP contribution in [-0.4, -0.2) is 34.4 Å². The van der Waals surface area contributed by atoms with Crippen molar-refractivity contribution >= 4 is 11.9 Å². The minimum absolute atomic E-state index is 0.0616. The fraction of sp³-hybridized carbons (Fsp3) is 0.0588. The molecule has 0 radical (unpaired) electrons. The van der Waals surface area contributed by atoms with Crippen molar-refractivity contribution in [1.29, 1.82) is 0 Å². The molecule has 24 heavy (non-hydrogen) atoms. The number of benzene rings is 2. The van der Waals surface area contributed by atoms with E-state index in [0.717, 1.165) is 11.1 Å². The average Bonchev–Trinajstić information content (AvgIpc) is 3.11. The molecule has 1 aromatic heterocycles. The third kappa shape index (κ3) is 2.74. The van der Waals surface area contributed by atoms with E-state index in [1.54, 1.807) is 18.2 Å². The Morgan fingerprint density at radius 3 is 2.50 bits per heavy atom. The lowest BCUT2D eigenvalue weighted by Crippen LogP contribution is -2.12. The smallest absolute Gasteiger partial charge is 0.337 e. The van der Waals surface area contributed by atoms with E-state index in [1.165, 1.54) is 7.11 Å². The van der Waals surface area contributed by atoms with E-state index in [0.29, 0.717) is 16.8 Å². The van der Waals surface area contributed by atoms with Crippen molar-refractivity contribution in [3.63, 3.8) is 0 Å². The van der Waals surface area contributed by atoms with Crippen molar-refractivity contribution in [2.45, 2.75) is 0 Å². The zero-order valence-electron chi connectivity index (χ0n) is 12.8. The normalized spacial score (nSPS) is 10.4. The van der Waals surface area contributed by atoms with Gasteiger partial charge in [-0.2, -0.15) is 15.4 Å². The molecule has 2 aromatic carbocycles. The van der Waals surface area contributed by atoms with E-state index < -0.39 is 11.9 Å². The number of methoxy groups -OCH3 is 1. The zero-order valence-corrected chi connectivity index (χ0v) is 12.8. The number of ether oxygens (including phenoxy) is 1. The first-order chi connectivity index (χ1) is 11.6. The van der Waals surface area contributed by atoms with Gasteiger partial charge in [0.15, 0.2) is 5.69 Å². The first-order valence-corrected chi connectivity index (χ1v) is 7.10. The SMILES string of the molecule is COC(=O)c1cccc(-c2ccccc2-c2n[nH]nc2C(N)=O)c1. The Balaban J connectivity index is 2.16. The topological polar surface area (TPSA) is 111 Å². The first-order valence-electron chi connectivity index (χ1n) is 7.10. The Bertz CT molecular complexity index is 917. The van der Waals surface area contributed by atoms with Crippen LogP contribution in [0.1, 0.15) is 20.8 Å². The summed E-state index contributed by atoms with van der Waals surface area (Å²) in [5, 5.41) is 10.3. The summed E-state index contributed by atoms with van der Waals surface area (Å²) in [6, 6.07) is 14.4. The molecule has 0 bridgehead atoms. The lowest BCUT2D eigenvalue weighted by atomic mass is 9.95.